The summed E-state index contributed by atoms with van der Waals surface area (Å²) >= 11 is 0. The summed E-state index contributed by atoms with van der Waals surface area (Å²) in [5.74, 6) is 0.857. The maximum Gasteiger partial charge on any atom is 0.195 e. The van der Waals surface area contributed by atoms with Gasteiger partial charge in [0.1, 0.15) is 18.2 Å². The van der Waals surface area contributed by atoms with Crippen LogP contribution in [-0.2, 0) is 18.9 Å². The Labute approximate surface area is 150 Å². The molecule has 1 saturated carbocycles. The zero-order valence-electron chi connectivity index (χ0n) is 15.8. The summed E-state index contributed by atoms with van der Waals surface area (Å²) in [6.45, 7) is 4.06. The van der Waals surface area contributed by atoms with Crippen molar-refractivity contribution in [3.8, 4) is 0 Å². The van der Waals surface area contributed by atoms with Crippen LogP contribution in [0.25, 0.3) is 0 Å². The highest BCUT2D eigenvalue weighted by atomic mass is 16.5. The molecule has 0 radical (unpaired) electrons. The first-order valence-corrected chi connectivity index (χ1v) is 9.41. The van der Waals surface area contributed by atoms with Crippen LogP contribution < -0.4 is 5.32 Å². The largest absolute Gasteiger partial charge is 0.388 e. The number of rotatable bonds is 6. The summed E-state index contributed by atoms with van der Waals surface area (Å²) in [7, 11) is 3.51. The smallest absolute Gasteiger partial charge is 0.195 e. The number of hydrogen-bond donors (Lipinski definition) is 3. The van der Waals surface area contributed by atoms with E-state index in [-0.39, 0.29) is 37.2 Å². The molecule has 7 unspecified atom stereocenters. The van der Waals surface area contributed by atoms with Crippen molar-refractivity contribution in [3.05, 3.63) is 0 Å². The minimum Gasteiger partial charge on any atom is -0.388 e. The van der Waals surface area contributed by atoms with Crippen LogP contribution in [0.2, 0.25) is 0 Å². The number of hydrogen-bond acceptors (Lipinski definition) is 6. The van der Waals surface area contributed by atoms with Gasteiger partial charge in [0.25, 0.3) is 0 Å². The molecule has 25 heavy (non-hydrogen) atoms. The van der Waals surface area contributed by atoms with Crippen LogP contribution in [0.4, 0.5) is 0 Å². The first-order chi connectivity index (χ1) is 11.9. The first kappa shape index (κ1) is 19.5. The van der Waals surface area contributed by atoms with Crippen LogP contribution in [0.15, 0.2) is 0 Å². The van der Waals surface area contributed by atoms with Crippen LogP contribution in [0.5, 0.6) is 0 Å². The third kappa shape index (κ3) is 3.88. The summed E-state index contributed by atoms with van der Waals surface area (Å²) in [5, 5.41) is 22.2. The molecule has 2 heterocycles. The zero-order chi connectivity index (χ0) is 18.2. The summed E-state index contributed by atoms with van der Waals surface area (Å²) in [4.78, 5) is 0. The standard InChI is InChI=1S/C18H33NO6/c1-18(2,21)13(20)9-25-12-6-5-10-14(16(12)23-4)19-17-11(7-8-24-17)15(10)22-3/h10-17,19-21H,5-9H2,1-4H3/p+1/t10?,11?,12?,13-,14?,15?,16?,17?/m0/s1. The average Bonchev–Trinajstić information content (AvgIpc) is 3.04. The van der Waals surface area contributed by atoms with E-state index in [4.69, 9.17) is 18.9 Å². The second-order valence-corrected chi connectivity index (χ2v) is 8.24. The molecule has 7 heteroatoms. The van der Waals surface area contributed by atoms with Gasteiger partial charge in [-0.3, -0.25) is 0 Å². The Hall–Kier alpha value is -0.280. The van der Waals surface area contributed by atoms with E-state index in [2.05, 4.69) is 5.32 Å². The van der Waals surface area contributed by atoms with Gasteiger partial charge in [-0.2, -0.15) is 0 Å². The fraction of sp³-hybridized carbons (Fsp3) is 1.00. The van der Waals surface area contributed by atoms with Crippen molar-refractivity contribution in [1.82, 2.24) is 0 Å². The number of aliphatic hydroxyl groups excluding tert-OH is 1. The number of piperidine rings is 1. The van der Waals surface area contributed by atoms with Gasteiger partial charge in [-0.1, -0.05) is 0 Å². The molecule has 3 fully saturated rings. The van der Waals surface area contributed by atoms with E-state index >= 15 is 0 Å². The van der Waals surface area contributed by atoms with Crippen LogP contribution in [0.3, 0.4) is 0 Å². The van der Waals surface area contributed by atoms with E-state index in [1.165, 1.54) is 0 Å². The fourth-order valence-corrected chi connectivity index (χ4v) is 4.81. The predicted octanol–water partition coefficient (Wildman–Crippen LogP) is -0.748. The van der Waals surface area contributed by atoms with Gasteiger partial charge < -0.3 is 34.5 Å². The zero-order valence-corrected chi connectivity index (χ0v) is 15.8. The molecule has 2 saturated heterocycles. The number of nitrogens with two attached hydrogens (primary N) is 1. The van der Waals surface area contributed by atoms with Crippen LogP contribution in [-0.4, -0.2) is 79.9 Å². The minimum atomic E-state index is -1.18. The molecule has 0 aromatic rings. The minimum absolute atomic E-state index is 0.0874. The molecule has 1 aliphatic carbocycles. The summed E-state index contributed by atoms with van der Waals surface area (Å²) < 4.78 is 23.6. The van der Waals surface area contributed by atoms with Gasteiger partial charge in [0, 0.05) is 20.1 Å². The summed E-state index contributed by atoms with van der Waals surface area (Å²) in [5.41, 5.74) is -1.18. The summed E-state index contributed by atoms with van der Waals surface area (Å²) in [6.07, 6.45) is 2.14. The molecule has 0 aromatic carbocycles. The molecule has 3 aliphatic rings. The van der Waals surface area contributed by atoms with Crippen LogP contribution in [0, 0.1) is 11.8 Å². The molecule has 0 bridgehead atoms. The van der Waals surface area contributed by atoms with Crippen molar-refractivity contribution >= 4 is 0 Å². The quantitative estimate of drug-likeness (QED) is 0.577. The Kier molecular flexibility index (Phi) is 6.05. The number of fused-ring (bicyclic) bond motifs is 2. The number of ether oxygens (including phenoxy) is 4. The van der Waals surface area contributed by atoms with Gasteiger partial charge in [-0.25, -0.2) is 0 Å². The van der Waals surface area contributed by atoms with Gasteiger partial charge in [-0.05, 0) is 33.1 Å². The Bertz CT molecular complexity index is 442. The third-order valence-corrected chi connectivity index (χ3v) is 6.29. The fourth-order valence-electron chi connectivity index (χ4n) is 4.81. The van der Waals surface area contributed by atoms with E-state index in [1.807, 2.05) is 0 Å². The van der Waals surface area contributed by atoms with Crippen molar-refractivity contribution in [3.63, 3.8) is 0 Å². The number of quaternary nitrogens is 1. The van der Waals surface area contributed by atoms with E-state index in [9.17, 15) is 10.2 Å². The van der Waals surface area contributed by atoms with Crippen LogP contribution >= 0.6 is 0 Å². The monoisotopic (exact) mass is 360 g/mol. The molecule has 0 amide bonds. The van der Waals surface area contributed by atoms with Gasteiger partial charge >= 0.3 is 0 Å². The maximum atomic E-state index is 10.0. The molecule has 8 atom stereocenters. The van der Waals surface area contributed by atoms with Gasteiger partial charge in [0.05, 0.1) is 36.9 Å². The highest BCUT2D eigenvalue weighted by Crippen LogP contribution is 2.39. The highest BCUT2D eigenvalue weighted by Gasteiger charge is 2.56. The molecule has 4 N–H and O–H groups in total. The highest BCUT2D eigenvalue weighted by molar-refractivity contribution is 4.98. The van der Waals surface area contributed by atoms with Gasteiger partial charge in [-0.15, -0.1) is 0 Å². The lowest BCUT2D eigenvalue weighted by atomic mass is 9.70. The Balaban J connectivity index is 1.68. The van der Waals surface area contributed by atoms with Crippen molar-refractivity contribution in [1.29, 1.82) is 0 Å². The SMILES string of the molecule is COC1C2CCOC2[NH2+]C2C1CCC(OC[C@H](O)C(C)(C)O)C2OC. The lowest BCUT2D eigenvalue weighted by molar-refractivity contribution is -0.783. The lowest BCUT2D eigenvalue weighted by Gasteiger charge is -2.48. The van der Waals surface area contributed by atoms with Crippen molar-refractivity contribution in [2.24, 2.45) is 11.8 Å². The number of aliphatic hydroxyl groups is 2. The number of methoxy groups -OCH3 is 2. The first-order valence-electron chi connectivity index (χ1n) is 9.41. The molecule has 146 valence electrons. The second kappa shape index (κ2) is 7.76. The molecule has 0 spiro atoms. The van der Waals surface area contributed by atoms with Crippen molar-refractivity contribution < 1.29 is 34.5 Å². The van der Waals surface area contributed by atoms with E-state index < -0.39 is 11.7 Å². The second-order valence-electron chi connectivity index (χ2n) is 8.24. The van der Waals surface area contributed by atoms with E-state index in [0.29, 0.717) is 11.8 Å². The molecule has 2 aliphatic heterocycles. The molecular weight excluding hydrogens is 326 g/mol. The van der Waals surface area contributed by atoms with Gasteiger partial charge in [0.15, 0.2) is 6.23 Å². The molecule has 7 nitrogen and oxygen atoms in total. The topological polar surface area (TPSA) is 94.0 Å². The molecule has 0 aromatic heterocycles. The van der Waals surface area contributed by atoms with Gasteiger partial charge in [0.2, 0.25) is 0 Å². The molecule has 3 rings (SSSR count). The Morgan fingerprint density at radius 3 is 2.48 bits per heavy atom. The normalized spacial score (nSPS) is 42.7. The Morgan fingerprint density at radius 1 is 1.12 bits per heavy atom. The van der Waals surface area contributed by atoms with E-state index in [1.54, 1.807) is 28.1 Å². The Morgan fingerprint density at radius 2 is 1.84 bits per heavy atom. The lowest BCUT2D eigenvalue weighted by Crippen LogP contribution is -3.03. The molecular formula is C18H34NO6+. The van der Waals surface area contributed by atoms with Crippen molar-refractivity contribution in [2.75, 3.05) is 27.4 Å². The van der Waals surface area contributed by atoms with Crippen LogP contribution in [0.1, 0.15) is 33.1 Å². The van der Waals surface area contributed by atoms with Crippen molar-refractivity contribution in [2.45, 2.75) is 75.4 Å². The summed E-state index contributed by atoms with van der Waals surface area (Å²) in [6, 6.07) is 0.215. The van der Waals surface area contributed by atoms with E-state index in [0.717, 1.165) is 25.9 Å². The maximum absolute atomic E-state index is 10.0. The average molecular weight is 360 g/mol. The third-order valence-electron chi connectivity index (χ3n) is 6.29. The predicted molar refractivity (Wildman–Crippen MR) is 89.9 cm³/mol.